The first-order valence-electron chi connectivity index (χ1n) is 12.6. The molecule has 7 heteroatoms. The highest BCUT2D eigenvalue weighted by molar-refractivity contribution is 6.23. The zero-order valence-corrected chi connectivity index (χ0v) is 20.7. The molecule has 2 aromatic carbocycles. The predicted octanol–water partition coefficient (Wildman–Crippen LogP) is 4.46. The molecule has 4 rings (SSSR count). The maximum Gasteiger partial charge on any atom is 0.338 e. The van der Waals surface area contributed by atoms with Gasteiger partial charge >= 0.3 is 5.97 Å². The number of anilines is 1. The minimum Gasteiger partial charge on any atom is -0.462 e. The summed E-state index contributed by atoms with van der Waals surface area (Å²) < 4.78 is 5.00. The lowest BCUT2D eigenvalue weighted by Gasteiger charge is -2.29. The molecule has 1 fully saturated rings. The maximum absolute atomic E-state index is 13.5. The Labute approximate surface area is 211 Å². The standard InChI is InChI=1S/C29H32N2O5/c1-2-36-29(35)23-13-15-24(16-14-23)31-27(33)20-25(28(31)34)30(18-17-21-9-5-3-6-10-21)26(32)19-22-11-7-4-8-12-22/h4,7-9,11-16,25H,2-3,5-6,10,17-20H2,1H3. The Morgan fingerprint density at radius 1 is 1.03 bits per heavy atom. The molecule has 188 valence electrons. The summed E-state index contributed by atoms with van der Waals surface area (Å²) in [5.74, 6) is -1.40. The van der Waals surface area contributed by atoms with Gasteiger partial charge in [0.15, 0.2) is 0 Å². The van der Waals surface area contributed by atoms with Gasteiger partial charge in [-0.15, -0.1) is 0 Å². The monoisotopic (exact) mass is 488 g/mol. The van der Waals surface area contributed by atoms with Crippen LogP contribution in [0.4, 0.5) is 5.69 Å². The first-order valence-corrected chi connectivity index (χ1v) is 12.6. The molecule has 1 aliphatic heterocycles. The number of nitrogens with zero attached hydrogens (tertiary/aromatic N) is 2. The minimum absolute atomic E-state index is 0.0575. The molecule has 7 nitrogen and oxygen atoms in total. The first-order chi connectivity index (χ1) is 17.5. The second-order valence-electron chi connectivity index (χ2n) is 9.16. The van der Waals surface area contributed by atoms with E-state index in [2.05, 4.69) is 6.08 Å². The molecular weight excluding hydrogens is 456 g/mol. The number of rotatable bonds is 9. The highest BCUT2D eigenvalue weighted by Crippen LogP contribution is 2.28. The number of amides is 3. The number of benzene rings is 2. The summed E-state index contributed by atoms with van der Waals surface area (Å²) in [7, 11) is 0. The van der Waals surface area contributed by atoms with Crippen LogP contribution < -0.4 is 4.90 Å². The van der Waals surface area contributed by atoms with Crippen molar-refractivity contribution in [3.63, 3.8) is 0 Å². The molecule has 1 saturated heterocycles. The van der Waals surface area contributed by atoms with Gasteiger partial charge in [-0.3, -0.25) is 14.4 Å². The third-order valence-corrected chi connectivity index (χ3v) is 6.71. The summed E-state index contributed by atoms with van der Waals surface area (Å²) in [6.07, 6.45) is 7.43. The summed E-state index contributed by atoms with van der Waals surface area (Å²) in [5, 5.41) is 0. The smallest absolute Gasteiger partial charge is 0.338 e. The van der Waals surface area contributed by atoms with Crippen LogP contribution in [0.15, 0.2) is 66.2 Å². The van der Waals surface area contributed by atoms with Crippen LogP contribution in [0.3, 0.4) is 0 Å². The third kappa shape index (κ3) is 5.90. The Morgan fingerprint density at radius 3 is 2.44 bits per heavy atom. The zero-order chi connectivity index (χ0) is 25.5. The van der Waals surface area contributed by atoms with Crippen molar-refractivity contribution in [3.8, 4) is 0 Å². The van der Waals surface area contributed by atoms with Crippen molar-refractivity contribution in [1.29, 1.82) is 0 Å². The van der Waals surface area contributed by atoms with E-state index in [1.54, 1.807) is 24.0 Å². The lowest BCUT2D eigenvalue weighted by molar-refractivity contribution is -0.137. The number of carbonyl (C=O) groups excluding carboxylic acids is 4. The van der Waals surface area contributed by atoms with E-state index in [-0.39, 0.29) is 31.3 Å². The van der Waals surface area contributed by atoms with Gasteiger partial charge < -0.3 is 9.64 Å². The number of esters is 1. The number of hydrogen-bond donors (Lipinski definition) is 0. The normalized spacial score (nSPS) is 17.6. The molecule has 2 aliphatic rings. The van der Waals surface area contributed by atoms with Gasteiger partial charge in [0, 0.05) is 6.54 Å². The lowest BCUT2D eigenvalue weighted by Crippen LogP contribution is -2.46. The quantitative estimate of drug-likeness (QED) is 0.296. The fourth-order valence-corrected chi connectivity index (χ4v) is 4.81. The van der Waals surface area contributed by atoms with Gasteiger partial charge in [0.2, 0.25) is 11.8 Å². The minimum atomic E-state index is -0.845. The molecule has 1 heterocycles. The van der Waals surface area contributed by atoms with Gasteiger partial charge in [-0.1, -0.05) is 42.0 Å². The Hall–Kier alpha value is -3.74. The van der Waals surface area contributed by atoms with Crippen LogP contribution in [0.2, 0.25) is 0 Å². The number of carbonyl (C=O) groups is 4. The second kappa shape index (κ2) is 11.8. The van der Waals surface area contributed by atoms with Gasteiger partial charge in [-0.05, 0) is 68.9 Å². The van der Waals surface area contributed by atoms with Crippen molar-refractivity contribution in [1.82, 2.24) is 4.90 Å². The molecule has 0 N–H and O–H groups in total. The Morgan fingerprint density at radius 2 is 1.78 bits per heavy atom. The maximum atomic E-state index is 13.5. The Balaban J connectivity index is 1.53. The van der Waals surface area contributed by atoms with Gasteiger partial charge in [-0.2, -0.15) is 0 Å². The summed E-state index contributed by atoms with van der Waals surface area (Å²) in [6, 6.07) is 14.8. The third-order valence-electron chi connectivity index (χ3n) is 6.71. The molecule has 1 unspecified atom stereocenters. The topological polar surface area (TPSA) is 84.0 Å². The van der Waals surface area contributed by atoms with E-state index in [0.717, 1.165) is 29.7 Å². The molecule has 0 radical (unpaired) electrons. The summed E-state index contributed by atoms with van der Waals surface area (Å²) in [5.41, 5.74) is 2.90. The molecule has 0 bridgehead atoms. The summed E-state index contributed by atoms with van der Waals surface area (Å²) in [4.78, 5) is 54.6. The average molecular weight is 489 g/mol. The SMILES string of the molecule is CCOC(=O)c1ccc(N2C(=O)CC(N(CCC3=CCCCC3)C(=O)Cc3ccccc3)C2=O)cc1. The van der Waals surface area contributed by atoms with Crippen LogP contribution in [-0.4, -0.2) is 47.8 Å². The molecule has 3 amide bonds. The van der Waals surface area contributed by atoms with E-state index in [1.807, 2.05) is 30.3 Å². The average Bonchev–Trinajstić information content (AvgIpc) is 3.19. The van der Waals surface area contributed by atoms with Gasteiger partial charge in [0.05, 0.1) is 30.7 Å². The van der Waals surface area contributed by atoms with E-state index >= 15 is 0 Å². The Bertz CT molecular complexity index is 1140. The summed E-state index contributed by atoms with van der Waals surface area (Å²) >= 11 is 0. The van der Waals surface area contributed by atoms with E-state index in [0.29, 0.717) is 24.2 Å². The second-order valence-corrected chi connectivity index (χ2v) is 9.16. The van der Waals surface area contributed by atoms with Crippen LogP contribution in [0, 0.1) is 0 Å². The number of allylic oxidation sites excluding steroid dienone is 1. The van der Waals surface area contributed by atoms with Gasteiger partial charge in [0.1, 0.15) is 6.04 Å². The molecule has 2 aromatic rings. The van der Waals surface area contributed by atoms with Crippen LogP contribution >= 0.6 is 0 Å². The van der Waals surface area contributed by atoms with Gasteiger partial charge in [0.25, 0.3) is 5.91 Å². The largest absolute Gasteiger partial charge is 0.462 e. The fourth-order valence-electron chi connectivity index (χ4n) is 4.81. The van der Waals surface area contributed by atoms with Crippen molar-refractivity contribution in [2.45, 2.75) is 57.9 Å². The van der Waals surface area contributed by atoms with E-state index in [1.165, 1.54) is 24.1 Å². The van der Waals surface area contributed by atoms with Crippen LogP contribution in [0.5, 0.6) is 0 Å². The molecule has 0 saturated carbocycles. The van der Waals surface area contributed by atoms with Crippen LogP contribution in [0.25, 0.3) is 0 Å². The zero-order valence-electron chi connectivity index (χ0n) is 20.7. The predicted molar refractivity (Wildman–Crippen MR) is 136 cm³/mol. The van der Waals surface area contributed by atoms with Crippen molar-refractivity contribution in [2.24, 2.45) is 0 Å². The number of hydrogen-bond acceptors (Lipinski definition) is 5. The molecule has 1 aliphatic carbocycles. The van der Waals surface area contributed by atoms with Crippen LogP contribution in [0.1, 0.15) is 61.4 Å². The van der Waals surface area contributed by atoms with E-state index in [4.69, 9.17) is 4.74 Å². The lowest BCUT2D eigenvalue weighted by atomic mass is 9.96. The molecule has 1 atom stereocenters. The van der Waals surface area contributed by atoms with Crippen molar-refractivity contribution in [3.05, 3.63) is 77.4 Å². The van der Waals surface area contributed by atoms with E-state index < -0.39 is 17.9 Å². The van der Waals surface area contributed by atoms with Gasteiger partial charge in [-0.25, -0.2) is 9.69 Å². The highest BCUT2D eigenvalue weighted by Gasteiger charge is 2.44. The molecule has 0 aromatic heterocycles. The highest BCUT2D eigenvalue weighted by atomic mass is 16.5. The van der Waals surface area contributed by atoms with Crippen molar-refractivity contribution in [2.75, 3.05) is 18.1 Å². The van der Waals surface area contributed by atoms with Crippen LogP contribution in [-0.2, 0) is 25.5 Å². The fraction of sp³-hybridized carbons (Fsp3) is 0.379. The van der Waals surface area contributed by atoms with Crippen molar-refractivity contribution < 1.29 is 23.9 Å². The molecular formula is C29H32N2O5. The van der Waals surface area contributed by atoms with E-state index in [9.17, 15) is 19.2 Å². The Kier molecular flexibility index (Phi) is 8.31. The van der Waals surface area contributed by atoms with Crippen molar-refractivity contribution >= 4 is 29.4 Å². The number of ether oxygens (including phenoxy) is 1. The summed E-state index contributed by atoms with van der Waals surface area (Å²) in [6.45, 7) is 2.38. The molecule has 0 spiro atoms. The number of imide groups is 1. The molecule has 36 heavy (non-hydrogen) atoms. The first kappa shape index (κ1) is 25.4.